The predicted octanol–water partition coefficient (Wildman–Crippen LogP) is 3.09. The first-order valence-corrected chi connectivity index (χ1v) is 9.74. The van der Waals surface area contributed by atoms with Gasteiger partial charge in [-0.25, -0.2) is 8.42 Å². The van der Waals surface area contributed by atoms with Gasteiger partial charge in [-0.3, -0.25) is 4.79 Å². The number of rotatable bonds is 5. The Kier molecular flexibility index (Phi) is 5.87. The molecule has 0 radical (unpaired) electrons. The Morgan fingerprint density at radius 3 is 2.64 bits per heavy atom. The van der Waals surface area contributed by atoms with Crippen LogP contribution in [-0.4, -0.2) is 25.6 Å². The smallest absolute Gasteiger partial charge is 0.238 e. The van der Waals surface area contributed by atoms with Crippen LogP contribution in [-0.2, 0) is 20.4 Å². The summed E-state index contributed by atoms with van der Waals surface area (Å²) in [6, 6.07) is 6.83. The van der Waals surface area contributed by atoms with E-state index in [1.54, 1.807) is 24.3 Å². The van der Waals surface area contributed by atoms with E-state index in [-0.39, 0.29) is 11.8 Å². The molecule has 0 aromatic heterocycles. The zero-order valence-corrected chi connectivity index (χ0v) is 14.3. The van der Waals surface area contributed by atoms with E-state index in [4.69, 9.17) is 11.6 Å². The summed E-state index contributed by atoms with van der Waals surface area (Å²) in [5.41, 5.74) is 0.602. The Bertz CT molecular complexity index is 624. The maximum absolute atomic E-state index is 12.4. The van der Waals surface area contributed by atoms with E-state index in [1.165, 1.54) is 13.3 Å². The quantitative estimate of drug-likeness (QED) is 0.893. The molecule has 1 amide bonds. The first kappa shape index (κ1) is 17.3. The second kappa shape index (κ2) is 7.47. The number of amides is 1. The number of halogens is 1. The monoisotopic (exact) mass is 343 g/mol. The van der Waals surface area contributed by atoms with Crippen LogP contribution >= 0.6 is 11.6 Å². The molecule has 2 rings (SSSR count). The molecule has 1 aliphatic carbocycles. The molecule has 0 aliphatic heterocycles. The molecule has 1 aromatic rings. The van der Waals surface area contributed by atoms with Crippen molar-refractivity contribution in [3.05, 3.63) is 34.9 Å². The molecular formula is C16H22ClNO3S. The summed E-state index contributed by atoms with van der Waals surface area (Å²) in [6.07, 6.45) is 5.25. The van der Waals surface area contributed by atoms with E-state index in [0.29, 0.717) is 10.6 Å². The van der Waals surface area contributed by atoms with Crippen molar-refractivity contribution in [2.45, 2.75) is 56.1 Å². The predicted molar refractivity (Wildman–Crippen MR) is 88.6 cm³/mol. The highest BCUT2D eigenvalue weighted by atomic mass is 35.5. The van der Waals surface area contributed by atoms with Gasteiger partial charge < -0.3 is 5.32 Å². The molecule has 0 spiro atoms. The van der Waals surface area contributed by atoms with Crippen LogP contribution in [0.25, 0.3) is 0 Å². The van der Waals surface area contributed by atoms with Crippen molar-refractivity contribution in [2.75, 3.05) is 0 Å². The summed E-state index contributed by atoms with van der Waals surface area (Å²) >= 11 is 5.87. The second-order valence-electron chi connectivity index (χ2n) is 5.92. The first-order chi connectivity index (χ1) is 10.4. The number of carbonyl (C=O) groups is 1. The summed E-state index contributed by atoms with van der Waals surface area (Å²) in [5, 5.41) is 2.32. The van der Waals surface area contributed by atoms with Crippen LogP contribution < -0.4 is 5.32 Å². The van der Waals surface area contributed by atoms with Gasteiger partial charge in [-0.05, 0) is 37.5 Å². The average Bonchev–Trinajstić information content (AvgIpc) is 2.47. The molecule has 122 valence electrons. The van der Waals surface area contributed by atoms with Crippen molar-refractivity contribution < 1.29 is 13.2 Å². The summed E-state index contributed by atoms with van der Waals surface area (Å²) < 4.78 is 24.8. The molecule has 0 heterocycles. The topological polar surface area (TPSA) is 63.2 Å². The largest absolute Gasteiger partial charge is 0.352 e. The number of sulfone groups is 1. The van der Waals surface area contributed by atoms with Crippen molar-refractivity contribution in [3.8, 4) is 0 Å². The van der Waals surface area contributed by atoms with Gasteiger partial charge in [-0.15, -0.1) is 0 Å². The van der Waals surface area contributed by atoms with Crippen LogP contribution in [0.5, 0.6) is 0 Å². The molecule has 1 aromatic carbocycles. The molecule has 0 saturated heterocycles. The normalized spacial score (nSPS) is 17.9. The van der Waals surface area contributed by atoms with Gasteiger partial charge in [0.25, 0.3) is 0 Å². The molecule has 1 aliphatic rings. The van der Waals surface area contributed by atoms with Gasteiger partial charge in [0.05, 0.1) is 5.75 Å². The lowest BCUT2D eigenvalue weighted by Gasteiger charge is -2.24. The van der Waals surface area contributed by atoms with E-state index >= 15 is 0 Å². The average molecular weight is 344 g/mol. The minimum atomic E-state index is -3.55. The molecule has 1 atom stereocenters. The van der Waals surface area contributed by atoms with E-state index in [2.05, 4.69) is 5.32 Å². The highest BCUT2D eigenvalue weighted by molar-refractivity contribution is 7.92. The standard InChI is InChI=1S/C16H22ClNO3S/c1-12(16(19)18-15-8-3-2-4-9-15)22(20,21)11-13-6-5-7-14(17)10-13/h5-7,10,12,15H,2-4,8-9,11H2,1H3,(H,18,19)/t12-/m0/s1. The second-order valence-corrected chi connectivity index (χ2v) is 8.68. The molecule has 4 nitrogen and oxygen atoms in total. The minimum absolute atomic E-state index is 0.116. The fourth-order valence-electron chi connectivity index (χ4n) is 2.71. The number of nitrogens with one attached hydrogen (secondary N) is 1. The fourth-order valence-corrected chi connectivity index (χ4v) is 4.21. The Balaban J connectivity index is 1.99. The van der Waals surface area contributed by atoms with Crippen LogP contribution in [0.3, 0.4) is 0 Å². The van der Waals surface area contributed by atoms with Gasteiger partial charge in [0.15, 0.2) is 9.84 Å². The highest BCUT2D eigenvalue weighted by Gasteiger charge is 2.29. The lowest BCUT2D eigenvalue weighted by molar-refractivity contribution is -0.121. The lowest BCUT2D eigenvalue weighted by Crippen LogP contribution is -2.44. The van der Waals surface area contributed by atoms with Crippen LogP contribution in [0.4, 0.5) is 0 Å². The zero-order chi connectivity index (χ0) is 16.2. The number of benzene rings is 1. The number of hydrogen-bond donors (Lipinski definition) is 1. The molecule has 1 N–H and O–H groups in total. The molecule has 0 bridgehead atoms. The van der Waals surface area contributed by atoms with Gasteiger partial charge in [-0.2, -0.15) is 0 Å². The van der Waals surface area contributed by atoms with Crippen LogP contribution in [0, 0.1) is 0 Å². The zero-order valence-electron chi connectivity index (χ0n) is 12.7. The molecule has 1 saturated carbocycles. The maximum Gasteiger partial charge on any atom is 0.238 e. The third-order valence-corrected chi connectivity index (χ3v) is 6.38. The summed E-state index contributed by atoms with van der Waals surface area (Å²) in [4.78, 5) is 12.2. The van der Waals surface area contributed by atoms with E-state index in [0.717, 1.165) is 25.7 Å². The van der Waals surface area contributed by atoms with Gasteiger partial charge >= 0.3 is 0 Å². The Labute approximate surface area is 137 Å². The summed E-state index contributed by atoms with van der Waals surface area (Å²) in [5.74, 6) is -0.568. The van der Waals surface area contributed by atoms with Crippen molar-refractivity contribution in [3.63, 3.8) is 0 Å². The van der Waals surface area contributed by atoms with Gasteiger partial charge in [0.2, 0.25) is 5.91 Å². The number of hydrogen-bond acceptors (Lipinski definition) is 3. The molecule has 0 unspecified atom stereocenters. The number of carbonyl (C=O) groups excluding carboxylic acids is 1. The van der Waals surface area contributed by atoms with E-state index in [1.807, 2.05) is 0 Å². The third-order valence-electron chi connectivity index (χ3n) is 4.12. The SMILES string of the molecule is C[C@@H](C(=O)NC1CCCCC1)S(=O)(=O)Cc1cccc(Cl)c1. The van der Waals surface area contributed by atoms with Gasteiger partial charge in [-0.1, -0.05) is 43.0 Å². The van der Waals surface area contributed by atoms with Crippen molar-refractivity contribution >= 4 is 27.3 Å². The van der Waals surface area contributed by atoms with Crippen LogP contribution in [0.15, 0.2) is 24.3 Å². The van der Waals surface area contributed by atoms with E-state index in [9.17, 15) is 13.2 Å². The molecule has 6 heteroatoms. The fraction of sp³-hybridized carbons (Fsp3) is 0.562. The highest BCUT2D eigenvalue weighted by Crippen LogP contribution is 2.19. The molecule has 22 heavy (non-hydrogen) atoms. The van der Waals surface area contributed by atoms with E-state index < -0.39 is 21.0 Å². The maximum atomic E-state index is 12.4. The summed E-state index contributed by atoms with van der Waals surface area (Å²) in [6.45, 7) is 1.46. The molecule has 1 fully saturated rings. The van der Waals surface area contributed by atoms with Crippen LogP contribution in [0.2, 0.25) is 5.02 Å². The summed E-state index contributed by atoms with van der Waals surface area (Å²) in [7, 11) is -3.55. The van der Waals surface area contributed by atoms with Gasteiger partial charge in [0, 0.05) is 11.1 Å². The van der Waals surface area contributed by atoms with Crippen molar-refractivity contribution in [1.29, 1.82) is 0 Å². The third kappa shape index (κ3) is 4.71. The van der Waals surface area contributed by atoms with Crippen molar-refractivity contribution in [1.82, 2.24) is 5.32 Å². The lowest BCUT2D eigenvalue weighted by atomic mass is 9.95. The molecular weight excluding hydrogens is 322 g/mol. The Morgan fingerprint density at radius 1 is 1.32 bits per heavy atom. The first-order valence-electron chi connectivity index (χ1n) is 7.65. The van der Waals surface area contributed by atoms with Crippen LogP contribution in [0.1, 0.15) is 44.6 Å². The van der Waals surface area contributed by atoms with Crippen molar-refractivity contribution in [2.24, 2.45) is 0 Å². The minimum Gasteiger partial charge on any atom is -0.352 e. The van der Waals surface area contributed by atoms with Gasteiger partial charge in [0.1, 0.15) is 5.25 Å². The Hall–Kier alpha value is -1.07. The Morgan fingerprint density at radius 2 is 2.00 bits per heavy atom.